The number of carboxylic acid groups (broad SMARTS) is 1. The summed E-state index contributed by atoms with van der Waals surface area (Å²) in [5.41, 5.74) is 0.568. The molecule has 2 rings (SSSR count). The number of carbonyl (C=O) groups is 2. The summed E-state index contributed by atoms with van der Waals surface area (Å²) >= 11 is 1.16. The molecule has 5 nitrogen and oxygen atoms in total. The SMILES string of the molecule is CC(NC(=O)c1cncs1)(C(=O)O)c1ccccc1. The summed E-state index contributed by atoms with van der Waals surface area (Å²) in [5, 5.41) is 11.9. The molecule has 1 unspecified atom stereocenters. The van der Waals surface area contributed by atoms with Gasteiger partial charge in [-0.25, -0.2) is 4.79 Å². The molecule has 19 heavy (non-hydrogen) atoms. The number of hydrogen-bond donors (Lipinski definition) is 2. The molecule has 2 N–H and O–H groups in total. The number of aliphatic carboxylic acids is 1. The maximum atomic E-state index is 12.0. The van der Waals surface area contributed by atoms with Crippen molar-refractivity contribution in [1.29, 1.82) is 0 Å². The van der Waals surface area contributed by atoms with Crippen molar-refractivity contribution in [2.75, 3.05) is 0 Å². The molecule has 0 saturated heterocycles. The number of amides is 1. The van der Waals surface area contributed by atoms with Crippen LogP contribution in [0.4, 0.5) is 0 Å². The van der Waals surface area contributed by atoms with Crippen LogP contribution < -0.4 is 5.32 Å². The lowest BCUT2D eigenvalue weighted by Gasteiger charge is -2.26. The minimum atomic E-state index is -1.47. The van der Waals surface area contributed by atoms with Crippen molar-refractivity contribution >= 4 is 23.2 Å². The third-order valence-electron chi connectivity index (χ3n) is 2.80. The third-order valence-corrected chi connectivity index (χ3v) is 3.57. The molecule has 1 atom stereocenters. The quantitative estimate of drug-likeness (QED) is 0.893. The van der Waals surface area contributed by atoms with Gasteiger partial charge in [0.2, 0.25) is 0 Å². The van der Waals surface area contributed by atoms with E-state index in [0.717, 1.165) is 11.3 Å². The van der Waals surface area contributed by atoms with Gasteiger partial charge >= 0.3 is 5.97 Å². The van der Waals surface area contributed by atoms with Gasteiger partial charge in [-0.05, 0) is 12.5 Å². The number of rotatable bonds is 4. The van der Waals surface area contributed by atoms with E-state index in [-0.39, 0.29) is 0 Å². The molecule has 0 aliphatic carbocycles. The monoisotopic (exact) mass is 276 g/mol. The van der Waals surface area contributed by atoms with Crippen LogP contribution in [0.1, 0.15) is 22.2 Å². The number of thiazole rings is 1. The van der Waals surface area contributed by atoms with Crippen molar-refractivity contribution in [3.05, 3.63) is 52.5 Å². The fraction of sp³-hybridized carbons (Fsp3) is 0.154. The first-order valence-electron chi connectivity index (χ1n) is 5.54. The fourth-order valence-corrected chi connectivity index (χ4v) is 2.15. The standard InChI is InChI=1S/C13H12N2O3S/c1-13(12(17)18,9-5-3-2-4-6-9)15-11(16)10-7-14-8-19-10/h2-8H,1H3,(H,15,16)(H,17,18). The number of aromatic nitrogens is 1. The largest absolute Gasteiger partial charge is 0.479 e. The molecule has 1 aromatic carbocycles. The summed E-state index contributed by atoms with van der Waals surface area (Å²) in [6, 6.07) is 8.59. The van der Waals surface area contributed by atoms with E-state index in [2.05, 4.69) is 10.3 Å². The normalized spacial score (nSPS) is 13.5. The van der Waals surface area contributed by atoms with E-state index < -0.39 is 17.4 Å². The second kappa shape index (κ2) is 5.19. The van der Waals surface area contributed by atoms with Gasteiger partial charge in [-0.1, -0.05) is 30.3 Å². The zero-order chi connectivity index (χ0) is 13.9. The van der Waals surface area contributed by atoms with Crippen LogP contribution in [0, 0.1) is 0 Å². The van der Waals surface area contributed by atoms with Crippen molar-refractivity contribution in [3.63, 3.8) is 0 Å². The first-order valence-corrected chi connectivity index (χ1v) is 6.42. The first kappa shape index (κ1) is 13.2. The molecule has 0 fully saturated rings. The molecule has 0 aliphatic heterocycles. The molecular formula is C13H12N2O3S. The Hall–Kier alpha value is -2.21. The molecule has 2 aromatic rings. The van der Waals surface area contributed by atoms with Gasteiger partial charge in [0.15, 0.2) is 5.54 Å². The van der Waals surface area contributed by atoms with E-state index in [1.807, 2.05) is 0 Å². The van der Waals surface area contributed by atoms with Gasteiger partial charge in [0, 0.05) is 0 Å². The summed E-state index contributed by atoms with van der Waals surface area (Å²) < 4.78 is 0. The van der Waals surface area contributed by atoms with Crippen LogP contribution in [0.3, 0.4) is 0 Å². The van der Waals surface area contributed by atoms with E-state index >= 15 is 0 Å². The summed E-state index contributed by atoms with van der Waals surface area (Å²) in [4.78, 5) is 27.7. The molecular weight excluding hydrogens is 264 g/mol. The molecule has 0 saturated carbocycles. The third kappa shape index (κ3) is 2.63. The summed E-state index contributed by atoms with van der Waals surface area (Å²) in [5.74, 6) is -1.56. The highest BCUT2D eigenvalue weighted by atomic mass is 32.1. The number of benzene rings is 1. The lowest BCUT2D eigenvalue weighted by atomic mass is 9.92. The Balaban J connectivity index is 2.31. The Morgan fingerprint density at radius 1 is 1.32 bits per heavy atom. The van der Waals surface area contributed by atoms with Crippen molar-refractivity contribution in [1.82, 2.24) is 10.3 Å². The number of nitrogens with zero attached hydrogens (tertiary/aromatic N) is 1. The van der Waals surface area contributed by atoms with E-state index in [1.165, 1.54) is 18.6 Å². The van der Waals surface area contributed by atoms with Gasteiger partial charge in [-0.2, -0.15) is 0 Å². The zero-order valence-corrected chi connectivity index (χ0v) is 11.0. The average molecular weight is 276 g/mol. The second-order valence-corrected chi connectivity index (χ2v) is 5.00. The Kier molecular flexibility index (Phi) is 3.62. The molecule has 1 heterocycles. The second-order valence-electron chi connectivity index (χ2n) is 4.12. The Labute approximate surface area is 113 Å². The van der Waals surface area contributed by atoms with Crippen molar-refractivity contribution in [2.45, 2.75) is 12.5 Å². The van der Waals surface area contributed by atoms with E-state index in [1.54, 1.807) is 30.3 Å². The van der Waals surface area contributed by atoms with E-state index in [4.69, 9.17) is 0 Å². The van der Waals surface area contributed by atoms with Gasteiger partial charge in [-0.3, -0.25) is 9.78 Å². The molecule has 0 aliphatic rings. The van der Waals surface area contributed by atoms with Crippen molar-refractivity contribution in [2.24, 2.45) is 0 Å². The molecule has 6 heteroatoms. The summed E-state index contributed by atoms with van der Waals surface area (Å²) in [6.07, 6.45) is 1.41. The fourth-order valence-electron chi connectivity index (χ4n) is 1.64. The molecule has 0 radical (unpaired) electrons. The highest BCUT2D eigenvalue weighted by Crippen LogP contribution is 2.22. The minimum absolute atomic E-state index is 0.378. The lowest BCUT2D eigenvalue weighted by molar-refractivity contribution is -0.144. The lowest BCUT2D eigenvalue weighted by Crippen LogP contribution is -2.49. The van der Waals surface area contributed by atoms with Crippen molar-refractivity contribution in [3.8, 4) is 0 Å². The molecule has 0 spiro atoms. The smallest absolute Gasteiger partial charge is 0.333 e. The predicted molar refractivity (Wildman–Crippen MR) is 71.0 cm³/mol. The highest BCUT2D eigenvalue weighted by molar-refractivity contribution is 7.11. The molecule has 1 aromatic heterocycles. The number of carbonyl (C=O) groups excluding carboxylic acids is 1. The zero-order valence-electron chi connectivity index (χ0n) is 10.2. The van der Waals surface area contributed by atoms with E-state index in [0.29, 0.717) is 10.4 Å². The van der Waals surface area contributed by atoms with Crippen LogP contribution in [-0.4, -0.2) is 22.0 Å². The summed E-state index contributed by atoms with van der Waals surface area (Å²) in [7, 11) is 0. The maximum absolute atomic E-state index is 12.0. The Bertz CT molecular complexity index is 583. The topological polar surface area (TPSA) is 79.3 Å². The number of hydrogen-bond acceptors (Lipinski definition) is 4. The summed E-state index contributed by atoms with van der Waals surface area (Å²) in [6.45, 7) is 1.46. The molecule has 1 amide bonds. The van der Waals surface area contributed by atoms with Gasteiger partial charge in [0.05, 0.1) is 11.7 Å². The highest BCUT2D eigenvalue weighted by Gasteiger charge is 2.37. The van der Waals surface area contributed by atoms with Crippen LogP contribution in [0.5, 0.6) is 0 Å². The van der Waals surface area contributed by atoms with Gasteiger partial charge in [0.1, 0.15) is 4.88 Å². The Morgan fingerprint density at radius 2 is 2.00 bits per heavy atom. The van der Waals surface area contributed by atoms with Gasteiger partial charge in [-0.15, -0.1) is 11.3 Å². The van der Waals surface area contributed by atoms with Crippen LogP contribution in [0.2, 0.25) is 0 Å². The van der Waals surface area contributed by atoms with E-state index in [9.17, 15) is 14.7 Å². The molecule has 0 bridgehead atoms. The average Bonchev–Trinajstić information content (AvgIpc) is 2.93. The molecule has 98 valence electrons. The predicted octanol–water partition coefficient (Wildman–Crippen LogP) is 1.87. The maximum Gasteiger partial charge on any atom is 0.333 e. The van der Waals surface area contributed by atoms with Crippen molar-refractivity contribution < 1.29 is 14.7 Å². The van der Waals surface area contributed by atoms with Crippen LogP contribution in [-0.2, 0) is 10.3 Å². The van der Waals surface area contributed by atoms with Crippen LogP contribution >= 0.6 is 11.3 Å². The van der Waals surface area contributed by atoms with Gasteiger partial charge in [0.25, 0.3) is 5.91 Å². The van der Waals surface area contributed by atoms with Crippen LogP contribution in [0.25, 0.3) is 0 Å². The van der Waals surface area contributed by atoms with Gasteiger partial charge < -0.3 is 10.4 Å². The minimum Gasteiger partial charge on any atom is -0.479 e. The number of carboxylic acids is 1. The Morgan fingerprint density at radius 3 is 2.53 bits per heavy atom. The first-order chi connectivity index (χ1) is 9.04. The number of nitrogens with one attached hydrogen (secondary N) is 1. The van der Waals surface area contributed by atoms with Crippen LogP contribution in [0.15, 0.2) is 42.0 Å².